The summed E-state index contributed by atoms with van der Waals surface area (Å²) in [7, 11) is 0. The van der Waals surface area contributed by atoms with Crippen molar-refractivity contribution in [3.05, 3.63) is 150 Å². The van der Waals surface area contributed by atoms with Gasteiger partial charge in [-0.15, -0.1) is 0 Å². The Labute approximate surface area is 376 Å². The van der Waals surface area contributed by atoms with Crippen molar-refractivity contribution in [2.24, 2.45) is 0 Å². The van der Waals surface area contributed by atoms with Gasteiger partial charge in [0.1, 0.15) is 5.54 Å². The van der Waals surface area contributed by atoms with Crippen LogP contribution in [0.15, 0.2) is 127 Å². The van der Waals surface area contributed by atoms with Crippen LogP contribution >= 0.6 is 0 Å². The van der Waals surface area contributed by atoms with Crippen molar-refractivity contribution in [1.29, 1.82) is 0 Å². The normalized spacial score (nSPS) is 19.6. The molecule has 3 aliphatic heterocycles. The number of hydrogen-bond acceptors (Lipinski definition) is 9. The number of piperidine rings is 1. The number of para-hydroxylation sites is 3. The number of hydrogen-bond donors (Lipinski definition) is 5. The quantitative estimate of drug-likeness (QED) is 0.0462. The van der Waals surface area contributed by atoms with Gasteiger partial charge in [-0.25, -0.2) is 0 Å². The van der Waals surface area contributed by atoms with Gasteiger partial charge in [0.05, 0.1) is 36.9 Å². The molecule has 3 aliphatic rings. The number of ether oxygens (including phenoxy) is 2. The van der Waals surface area contributed by atoms with Gasteiger partial charge in [-0.3, -0.25) is 14.4 Å². The Hall–Kier alpha value is -6.05. The van der Waals surface area contributed by atoms with E-state index < -0.39 is 11.8 Å². The lowest BCUT2D eigenvalue weighted by molar-refractivity contribution is -0.253. The highest BCUT2D eigenvalue weighted by Gasteiger charge is 2.50. The first kappa shape index (κ1) is 44.6. The van der Waals surface area contributed by atoms with E-state index in [1.54, 1.807) is 12.1 Å². The molecule has 0 saturated carbocycles. The second-order valence-electron chi connectivity index (χ2n) is 17.3. The average molecular weight is 865 g/mol. The molecular formula is C52H60N6O6. The number of rotatable bonds is 17. The van der Waals surface area contributed by atoms with Crippen LogP contribution in [0.4, 0.5) is 17.1 Å². The minimum atomic E-state index is -0.582. The van der Waals surface area contributed by atoms with Crippen LogP contribution < -0.4 is 26.6 Å². The van der Waals surface area contributed by atoms with Gasteiger partial charge in [0.25, 0.3) is 0 Å². The number of carbonyl (C=O) groups excluding carboxylic acids is 3. The molecule has 3 fully saturated rings. The Bertz CT molecular complexity index is 2330. The van der Waals surface area contributed by atoms with Gasteiger partial charge in [-0.1, -0.05) is 110 Å². The Kier molecular flexibility index (Phi) is 14.7. The van der Waals surface area contributed by atoms with Gasteiger partial charge in [0, 0.05) is 56.7 Å². The molecule has 12 nitrogen and oxygen atoms in total. The van der Waals surface area contributed by atoms with Crippen molar-refractivity contribution >= 4 is 34.8 Å². The molecule has 0 aliphatic carbocycles. The van der Waals surface area contributed by atoms with Crippen molar-refractivity contribution in [3.8, 4) is 11.1 Å². The first-order valence-corrected chi connectivity index (χ1v) is 22.7. The summed E-state index contributed by atoms with van der Waals surface area (Å²) in [5, 5.41) is 18.7. The molecule has 0 aromatic heterocycles. The van der Waals surface area contributed by atoms with Crippen LogP contribution in [0.5, 0.6) is 0 Å². The fourth-order valence-corrected chi connectivity index (χ4v) is 9.19. The number of aliphatic hydroxyl groups is 1. The van der Waals surface area contributed by atoms with Gasteiger partial charge in [-0.2, -0.15) is 0 Å². The number of anilines is 3. The van der Waals surface area contributed by atoms with Crippen molar-refractivity contribution < 1.29 is 29.0 Å². The maximum atomic E-state index is 13.3. The van der Waals surface area contributed by atoms with E-state index in [0.29, 0.717) is 43.9 Å². The highest BCUT2D eigenvalue weighted by atomic mass is 16.7. The predicted octanol–water partition coefficient (Wildman–Crippen LogP) is 8.00. The zero-order valence-corrected chi connectivity index (χ0v) is 36.4. The van der Waals surface area contributed by atoms with E-state index in [4.69, 9.17) is 15.2 Å². The van der Waals surface area contributed by atoms with Gasteiger partial charge in [0.2, 0.25) is 17.7 Å². The fourth-order valence-electron chi connectivity index (χ4n) is 9.19. The van der Waals surface area contributed by atoms with Crippen molar-refractivity contribution in [1.82, 2.24) is 15.5 Å². The van der Waals surface area contributed by atoms with E-state index in [2.05, 4.69) is 74.3 Å². The Balaban J connectivity index is 0.836. The number of nitrogen functional groups attached to an aromatic ring is 1. The molecule has 0 bridgehead atoms. The zero-order valence-electron chi connectivity index (χ0n) is 36.4. The van der Waals surface area contributed by atoms with Crippen LogP contribution in [0.25, 0.3) is 11.1 Å². The third kappa shape index (κ3) is 11.0. The topological polar surface area (TPSA) is 158 Å². The molecule has 3 amide bonds. The number of nitrogens with one attached hydrogen (secondary N) is 3. The Morgan fingerprint density at radius 3 is 2.19 bits per heavy atom. The van der Waals surface area contributed by atoms with Crippen LogP contribution in [0.1, 0.15) is 92.4 Å². The molecular weight excluding hydrogens is 805 g/mol. The molecule has 1 spiro atoms. The number of nitrogens with zero attached hydrogens (tertiary/aromatic N) is 2. The Morgan fingerprint density at radius 1 is 0.750 bits per heavy atom. The smallest absolute Gasteiger partial charge is 0.247 e. The highest BCUT2D eigenvalue weighted by molar-refractivity contribution is 5.94. The predicted molar refractivity (Wildman–Crippen MR) is 250 cm³/mol. The lowest BCUT2D eigenvalue weighted by Crippen LogP contribution is -2.57. The molecule has 3 atom stereocenters. The molecule has 8 rings (SSSR count). The number of aliphatic hydroxyl groups excluding tert-OH is 1. The van der Waals surface area contributed by atoms with Crippen molar-refractivity contribution in [3.63, 3.8) is 0 Å². The number of carbonyl (C=O) groups is 3. The highest BCUT2D eigenvalue weighted by Crippen LogP contribution is 2.40. The van der Waals surface area contributed by atoms with Gasteiger partial charge >= 0.3 is 0 Å². The summed E-state index contributed by atoms with van der Waals surface area (Å²) in [6.07, 6.45) is 5.41. The summed E-state index contributed by atoms with van der Waals surface area (Å²) < 4.78 is 13.4. The standard InChI is InChI=1S/C52H60N6O6/c53-45-15-8-9-16-46(45)56-49(61)18-7-2-1-6-17-48(60)54-33-38-11-10-12-42(31-38)39-23-25-41(26-24-39)50-63-44(32-47(64-50)40-21-19-37(35-59)20-22-40)34-57-29-27-52(28-30-57)51(62)55-36-58(52)43-13-4-3-5-14-43/h3-5,8-16,19-26,31,44,47,50,59H,1-2,6-7,17-18,27-30,32-36,53H2,(H,54,60)(H,55,62)(H,56,61)/t44-,47+,50+/m1/s1. The third-order valence-corrected chi connectivity index (χ3v) is 12.9. The molecule has 64 heavy (non-hydrogen) atoms. The number of amides is 3. The molecule has 0 radical (unpaired) electrons. The number of likely N-dealkylation sites (tertiary alicyclic amines) is 1. The van der Waals surface area contributed by atoms with E-state index in [9.17, 15) is 19.5 Å². The van der Waals surface area contributed by atoms with Crippen LogP contribution in [0, 0.1) is 0 Å². The number of nitrogens with two attached hydrogens (primary N) is 1. The average Bonchev–Trinajstić information content (AvgIpc) is 3.65. The maximum Gasteiger partial charge on any atom is 0.247 e. The summed E-state index contributed by atoms with van der Waals surface area (Å²) in [6.45, 7) is 3.24. The largest absolute Gasteiger partial charge is 0.397 e. The van der Waals surface area contributed by atoms with Gasteiger partial charge in [0.15, 0.2) is 6.29 Å². The second-order valence-corrected chi connectivity index (χ2v) is 17.3. The van der Waals surface area contributed by atoms with Crippen LogP contribution in [-0.4, -0.2) is 65.7 Å². The summed E-state index contributed by atoms with van der Waals surface area (Å²) >= 11 is 0. The van der Waals surface area contributed by atoms with E-state index in [-0.39, 0.29) is 36.5 Å². The van der Waals surface area contributed by atoms with Crippen LogP contribution in [-0.2, 0) is 37.0 Å². The molecule has 3 heterocycles. The molecule has 334 valence electrons. The zero-order chi connectivity index (χ0) is 44.3. The molecule has 0 unspecified atom stereocenters. The second kappa shape index (κ2) is 21.1. The van der Waals surface area contributed by atoms with E-state index in [1.165, 1.54) is 0 Å². The van der Waals surface area contributed by atoms with E-state index in [0.717, 1.165) is 97.2 Å². The summed E-state index contributed by atoms with van der Waals surface area (Å²) in [6, 6.07) is 41.9. The SMILES string of the molecule is Nc1ccccc1NC(=O)CCCCCCC(=O)NCc1cccc(-c2ccc([C@H]3O[C@@H](CN4CCC5(CC4)C(=O)NCN5c4ccccc4)C[C@@H](c4ccc(CO)cc4)O3)cc2)c1. The first-order valence-electron chi connectivity index (χ1n) is 22.7. The molecule has 12 heteroatoms. The summed E-state index contributed by atoms with van der Waals surface area (Å²) in [5.41, 5.74) is 13.5. The van der Waals surface area contributed by atoms with Crippen molar-refractivity contribution in [2.45, 2.75) is 95.0 Å². The van der Waals surface area contributed by atoms with Gasteiger partial charge in [-0.05, 0) is 83.8 Å². The first-order chi connectivity index (χ1) is 31.3. The third-order valence-electron chi connectivity index (χ3n) is 12.9. The monoisotopic (exact) mass is 864 g/mol. The molecule has 5 aromatic rings. The minimum Gasteiger partial charge on any atom is -0.397 e. The number of unbranched alkanes of at least 4 members (excludes halogenated alkanes) is 3. The van der Waals surface area contributed by atoms with Crippen LogP contribution in [0.3, 0.4) is 0 Å². The summed E-state index contributed by atoms with van der Waals surface area (Å²) in [4.78, 5) is 42.9. The van der Waals surface area contributed by atoms with Crippen LogP contribution in [0.2, 0.25) is 0 Å². The molecule has 6 N–H and O–H groups in total. The summed E-state index contributed by atoms with van der Waals surface area (Å²) in [5.74, 6) is 0.0698. The Morgan fingerprint density at radius 2 is 1.45 bits per heavy atom. The lowest BCUT2D eigenvalue weighted by Gasteiger charge is -2.45. The van der Waals surface area contributed by atoms with Gasteiger partial charge < -0.3 is 46.1 Å². The molecule has 5 aromatic carbocycles. The lowest BCUT2D eigenvalue weighted by atomic mass is 9.85. The minimum absolute atomic E-state index is 0.0144. The maximum absolute atomic E-state index is 13.3. The van der Waals surface area contributed by atoms with E-state index >= 15 is 0 Å². The molecule has 3 saturated heterocycles. The van der Waals surface area contributed by atoms with E-state index in [1.807, 2.05) is 66.7 Å². The van der Waals surface area contributed by atoms with Crippen molar-refractivity contribution in [2.75, 3.05) is 42.3 Å². The fraction of sp³-hybridized carbons (Fsp3) is 0.365. The number of benzene rings is 5.